The van der Waals surface area contributed by atoms with Crippen LogP contribution in [0.3, 0.4) is 0 Å². The number of carbonyl (C=O) groups excluding carboxylic acids is 2. The topological polar surface area (TPSA) is 84.2 Å². The van der Waals surface area contributed by atoms with E-state index in [4.69, 9.17) is 5.84 Å². The van der Waals surface area contributed by atoms with Crippen molar-refractivity contribution in [3.05, 3.63) is 65.7 Å². The molecule has 4 N–H and O–H groups in total. The minimum absolute atomic E-state index is 0.231. The predicted octanol–water partition coefficient (Wildman–Crippen LogP) is 1.54. The number of amides is 2. The highest BCUT2D eigenvalue weighted by Crippen LogP contribution is 2.09. The molecule has 2 rings (SSSR count). The number of nitrogen functional groups attached to an aromatic ring is 1. The molecule has 0 aliphatic rings. The molecule has 19 heavy (non-hydrogen) atoms. The summed E-state index contributed by atoms with van der Waals surface area (Å²) < 4.78 is 0. The zero-order valence-corrected chi connectivity index (χ0v) is 10.1. The maximum Gasteiger partial charge on any atom is 0.265 e. The molecule has 5 heteroatoms. The maximum atomic E-state index is 11.9. The summed E-state index contributed by atoms with van der Waals surface area (Å²) in [6.07, 6.45) is 0. The van der Waals surface area contributed by atoms with E-state index in [1.165, 1.54) is 0 Å². The third-order valence-electron chi connectivity index (χ3n) is 2.57. The highest BCUT2D eigenvalue weighted by atomic mass is 16.2. The molecule has 0 aliphatic heterocycles. The van der Waals surface area contributed by atoms with Crippen molar-refractivity contribution in [1.82, 2.24) is 5.43 Å². The van der Waals surface area contributed by atoms with Crippen LogP contribution in [0.25, 0.3) is 0 Å². The van der Waals surface area contributed by atoms with E-state index in [9.17, 15) is 9.59 Å². The van der Waals surface area contributed by atoms with Gasteiger partial charge in [0, 0.05) is 16.8 Å². The van der Waals surface area contributed by atoms with Crippen LogP contribution >= 0.6 is 0 Å². The Morgan fingerprint density at radius 1 is 0.789 bits per heavy atom. The second-order valence-corrected chi connectivity index (χ2v) is 3.87. The largest absolute Gasteiger partial charge is 0.322 e. The molecule has 0 heterocycles. The van der Waals surface area contributed by atoms with Gasteiger partial charge >= 0.3 is 0 Å². The van der Waals surface area contributed by atoms with Crippen molar-refractivity contribution >= 4 is 17.5 Å². The number of rotatable bonds is 3. The number of para-hydroxylation sites is 1. The Balaban J connectivity index is 2.10. The fraction of sp³-hybridized carbons (Fsp3) is 0. The van der Waals surface area contributed by atoms with Crippen LogP contribution in [0.2, 0.25) is 0 Å². The summed E-state index contributed by atoms with van der Waals surface area (Å²) in [7, 11) is 0. The summed E-state index contributed by atoms with van der Waals surface area (Å²) in [6.45, 7) is 0. The van der Waals surface area contributed by atoms with Crippen molar-refractivity contribution in [2.75, 3.05) is 5.32 Å². The first-order valence-electron chi connectivity index (χ1n) is 5.68. The molecule has 2 aromatic carbocycles. The molecule has 0 bridgehead atoms. The standard InChI is InChI=1S/C14H13N3O2/c15-17-14(19)11-8-6-10(7-9-11)13(18)16-12-4-2-1-3-5-12/h1-9H,15H2,(H,16,18)(H,17,19). The van der Waals surface area contributed by atoms with Crippen LogP contribution in [0.1, 0.15) is 20.7 Å². The highest BCUT2D eigenvalue weighted by Gasteiger charge is 2.08. The van der Waals surface area contributed by atoms with Crippen molar-refractivity contribution in [2.24, 2.45) is 5.84 Å². The molecule has 0 spiro atoms. The summed E-state index contributed by atoms with van der Waals surface area (Å²) >= 11 is 0. The van der Waals surface area contributed by atoms with Gasteiger partial charge in [-0.1, -0.05) is 18.2 Å². The van der Waals surface area contributed by atoms with Crippen LogP contribution in [0, 0.1) is 0 Å². The van der Waals surface area contributed by atoms with Crippen LogP contribution in [-0.2, 0) is 0 Å². The van der Waals surface area contributed by atoms with Gasteiger partial charge in [-0.3, -0.25) is 15.0 Å². The Labute approximate surface area is 110 Å². The van der Waals surface area contributed by atoms with E-state index in [2.05, 4.69) is 5.32 Å². The number of hydrogen-bond donors (Lipinski definition) is 3. The normalized spacial score (nSPS) is 9.74. The van der Waals surface area contributed by atoms with E-state index >= 15 is 0 Å². The fourth-order valence-electron chi connectivity index (χ4n) is 1.58. The van der Waals surface area contributed by atoms with Crippen molar-refractivity contribution < 1.29 is 9.59 Å². The Hall–Kier alpha value is -2.66. The molecule has 0 atom stereocenters. The van der Waals surface area contributed by atoms with Crippen molar-refractivity contribution in [1.29, 1.82) is 0 Å². The van der Waals surface area contributed by atoms with Gasteiger partial charge in [0.1, 0.15) is 0 Å². The van der Waals surface area contributed by atoms with Crippen LogP contribution in [0.5, 0.6) is 0 Å². The van der Waals surface area contributed by atoms with E-state index in [0.717, 1.165) is 5.69 Å². The molecular weight excluding hydrogens is 242 g/mol. The van der Waals surface area contributed by atoms with Crippen LogP contribution in [-0.4, -0.2) is 11.8 Å². The monoisotopic (exact) mass is 255 g/mol. The summed E-state index contributed by atoms with van der Waals surface area (Å²) in [5, 5.41) is 2.76. The highest BCUT2D eigenvalue weighted by molar-refractivity contribution is 6.05. The van der Waals surface area contributed by atoms with Gasteiger partial charge < -0.3 is 5.32 Å². The number of nitrogens with two attached hydrogens (primary N) is 1. The first-order chi connectivity index (χ1) is 9.20. The zero-order valence-electron chi connectivity index (χ0n) is 10.1. The molecule has 0 aliphatic carbocycles. The van der Waals surface area contributed by atoms with Gasteiger partial charge in [-0.2, -0.15) is 0 Å². The number of anilines is 1. The maximum absolute atomic E-state index is 11.9. The van der Waals surface area contributed by atoms with Crippen molar-refractivity contribution in [2.45, 2.75) is 0 Å². The smallest absolute Gasteiger partial charge is 0.265 e. The minimum atomic E-state index is -0.394. The van der Waals surface area contributed by atoms with E-state index in [0.29, 0.717) is 11.1 Å². The lowest BCUT2D eigenvalue weighted by atomic mass is 10.1. The Bertz CT molecular complexity index is 579. The average Bonchev–Trinajstić information content (AvgIpc) is 2.47. The minimum Gasteiger partial charge on any atom is -0.322 e. The fourth-order valence-corrected chi connectivity index (χ4v) is 1.58. The molecule has 2 aromatic rings. The molecule has 0 saturated carbocycles. The summed E-state index contributed by atoms with van der Waals surface area (Å²) in [6, 6.07) is 15.4. The Morgan fingerprint density at radius 3 is 1.84 bits per heavy atom. The number of hydrazine groups is 1. The summed E-state index contributed by atoms with van der Waals surface area (Å²) in [5.41, 5.74) is 3.62. The molecular formula is C14H13N3O2. The lowest BCUT2D eigenvalue weighted by molar-refractivity contribution is 0.0952. The number of benzene rings is 2. The van der Waals surface area contributed by atoms with Gasteiger partial charge in [0.25, 0.3) is 11.8 Å². The van der Waals surface area contributed by atoms with Crippen LogP contribution in [0.15, 0.2) is 54.6 Å². The number of carbonyl (C=O) groups is 2. The van der Waals surface area contributed by atoms with E-state index in [1.54, 1.807) is 36.4 Å². The van der Waals surface area contributed by atoms with Gasteiger partial charge in [0.2, 0.25) is 0 Å². The SMILES string of the molecule is NNC(=O)c1ccc(C(=O)Nc2ccccc2)cc1. The third-order valence-corrected chi connectivity index (χ3v) is 2.57. The molecule has 2 amide bonds. The lowest BCUT2D eigenvalue weighted by Gasteiger charge is -2.05. The summed E-state index contributed by atoms with van der Waals surface area (Å²) in [5.74, 6) is 4.40. The van der Waals surface area contributed by atoms with Gasteiger partial charge in [0.05, 0.1) is 0 Å². The van der Waals surface area contributed by atoms with Gasteiger partial charge in [-0.15, -0.1) is 0 Å². The second kappa shape index (κ2) is 5.79. The van der Waals surface area contributed by atoms with Gasteiger partial charge in [0.15, 0.2) is 0 Å². The molecule has 0 aromatic heterocycles. The van der Waals surface area contributed by atoms with Crippen molar-refractivity contribution in [3.8, 4) is 0 Å². The molecule has 0 fully saturated rings. The molecule has 0 radical (unpaired) electrons. The number of hydrogen-bond acceptors (Lipinski definition) is 3. The number of nitrogens with one attached hydrogen (secondary N) is 2. The molecule has 5 nitrogen and oxygen atoms in total. The van der Waals surface area contributed by atoms with E-state index in [1.807, 2.05) is 23.6 Å². The Morgan fingerprint density at radius 2 is 1.32 bits per heavy atom. The first-order valence-corrected chi connectivity index (χ1v) is 5.68. The van der Waals surface area contributed by atoms with Gasteiger partial charge in [-0.05, 0) is 36.4 Å². The quantitative estimate of drug-likeness (QED) is 0.442. The van der Waals surface area contributed by atoms with E-state index < -0.39 is 5.91 Å². The second-order valence-electron chi connectivity index (χ2n) is 3.87. The summed E-state index contributed by atoms with van der Waals surface area (Å²) in [4.78, 5) is 23.2. The predicted molar refractivity (Wildman–Crippen MR) is 72.5 cm³/mol. The molecule has 0 unspecified atom stereocenters. The molecule has 0 saturated heterocycles. The first kappa shape index (κ1) is 12.8. The van der Waals surface area contributed by atoms with Crippen molar-refractivity contribution in [3.63, 3.8) is 0 Å². The van der Waals surface area contributed by atoms with Crippen LogP contribution in [0.4, 0.5) is 5.69 Å². The van der Waals surface area contributed by atoms with E-state index in [-0.39, 0.29) is 5.91 Å². The third kappa shape index (κ3) is 3.17. The zero-order chi connectivity index (χ0) is 13.7. The van der Waals surface area contributed by atoms with Crippen LogP contribution < -0.4 is 16.6 Å². The average molecular weight is 255 g/mol. The Kier molecular flexibility index (Phi) is 3.90. The molecule has 96 valence electrons. The lowest BCUT2D eigenvalue weighted by Crippen LogP contribution is -2.29. The van der Waals surface area contributed by atoms with Gasteiger partial charge in [-0.25, -0.2) is 5.84 Å².